The second kappa shape index (κ2) is 7.53. The fraction of sp³-hybridized carbons (Fsp3) is 0.294. The van der Waals surface area contributed by atoms with Gasteiger partial charge in [0.05, 0.1) is 6.61 Å². The maximum Gasteiger partial charge on any atom is 0.126 e. The molecule has 3 N–H and O–H groups in total. The van der Waals surface area contributed by atoms with Crippen LogP contribution in [0.25, 0.3) is 0 Å². The first-order chi connectivity index (χ1) is 10.2. The van der Waals surface area contributed by atoms with Crippen molar-refractivity contribution in [2.45, 2.75) is 19.8 Å². The molecule has 112 valence electrons. The number of nitrogens with two attached hydrogens (primary N) is 1. The average Bonchev–Trinajstić information content (AvgIpc) is 2.47. The third-order valence-electron chi connectivity index (χ3n) is 3.08. The van der Waals surface area contributed by atoms with Crippen LogP contribution in [0.15, 0.2) is 42.5 Å². The molecule has 0 amide bonds. The van der Waals surface area contributed by atoms with Gasteiger partial charge >= 0.3 is 0 Å². The van der Waals surface area contributed by atoms with Gasteiger partial charge in [-0.25, -0.2) is 4.39 Å². The zero-order valence-corrected chi connectivity index (χ0v) is 12.2. The number of benzene rings is 2. The Morgan fingerprint density at radius 3 is 2.76 bits per heavy atom. The highest BCUT2D eigenvalue weighted by molar-refractivity contribution is 5.59. The van der Waals surface area contributed by atoms with E-state index in [4.69, 9.17) is 10.5 Å². The Bertz CT molecular complexity index is 587. The molecule has 0 heterocycles. The first kappa shape index (κ1) is 15.2. The number of hydrogen-bond donors (Lipinski definition) is 2. The molecule has 0 unspecified atom stereocenters. The van der Waals surface area contributed by atoms with Gasteiger partial charge in [0.25, 0.3) is 0 Å². The van der Waals surface area contributed by atoms with E-state index in [-0.39, 0.29) is 5.82 Å². The number of nitrogen functional groups attached to an aromatic ring is 1. The summed E-state index contributed by atoms with van der Waals surface area (Å²) >= 11 is 0. The van der Waals surface area contributed by atoms with Gasteiger partial charge in [0.2, 0.25) is 0 Å². The van der Waals surface area contributed by atoms with Gasteiger partial charge in [-0.1, -0.05) is 25.1 Å². The molecule has 2 aromatic carbocycles. The summed E-state index contributed by atoms with van der Waals surface area (Å²) in [5.74, 6) is 0.587. The SMILES string of the molecule is CCCOc1cc(N)cc(NCCc2ccccc2F)c1. The molecule has 0 aromatic heterocycles. The van der Waals surface area contributed by atoms with Crippen LogP contribution in [-0.4, -0.2) is 13.2 Å². The monoisotopic (exact) mass is 288 g/mol. The van der Waals surface area contributed by atoms with Crippen molar-refractivity contribution in [1.82, 2.24) is 0 Å². The first-order valence-corrected chi connectivity index (χ1v) is 7.19. The lowest BCUT2D eigenvalue weighted by atomic mass is 10.1. The molecule has 0 atom stereocenters. The standard InChI is InChI=1S/C17H21FN2O/c1-2-9-21-16-11-14(19)10-15(12-16)20-8-7-13-5-3-4-6-17(13)18/h3-6,10-12,20H,2,7-9,19H2,1H3. The lowest BCUT2D eigenvalue weighted by Gasteiger charge is -2.11. The molecule has 0 spiro atoms. The van der Waals surface area contributed by atoms with Gasteiger partial charge in [0.1, 0.15) is 11.6 Å². The minimum Gasteiger partial charge on any atom is -0.493 e. The normalized spacial score (nSPS) is 10.4. The number of ether oxygens (including phenoxy) is 1. The molecule has 0 radical (unpaired) electrons. The Morgan fingerprint density at radius 2 is 2.00 bits per heavy atom. The summed E-state index contributed by atoms with van der Waals surface area (Å²) < 4.78 is 19.1. The number of anilines is 2. The van der Waals surface area contributed by atoms with Gasteiger partial charge < -0.3 is 15.8 Å². The summed E-state index contributed by atoms with van der Waals surface area (Å²) in [7, 11) is 0. The minimum atomic E-state index is -0.168. The predicted octanol–water partition coefficient (Wildman–Crippen LogP) is 3.85. The van der Waals surface area contributed by atoms with E-state index in [0.717, 1.165) is 17.9 Å². The number of hydrogen-bond acceptors (Lipinski definition) is 3. The Labute approximate surface area is 124 Å². The van der Waals surface area contributed by atoms with Crippen LogP contribution >= 0.6 is 0 Å². The summed E-state index contributed by atoms with van der Waals surface area (Å²) in [6.07, 6.45) is 1.57. The topological polar surface area (TPSA) is 47.3 Å². The van der Waals surface area contributed by atoms with Crippen molar-refractivity contribution in [3.63, 3.8) is 0 Å². The number of halogens is 1. The van der Waals surface area contributed by atoms with Crippen molar-refractivity contribution >= 4 is 11.4 Å². The fourth-order valence-electron chi connectivity index (χ4n) is 2.07. The van der Waals surface area contributed by atoms with Crippen LogP contribution in [0, 0.1) is 5.82 Å². The molecule has 21 heavy (non-hydrogen) atoms. The van der Waals surface area contributed by atoms with Crippen LogP contribution in [0.1, 0.15) is 18.9 Å². The Hall–Kier alpha value is -2.23. The number of nitrogens with one attached hydrogen (secondary N) is 1. The van der Waals surface area contributed by atoms with E-state index in [2.05, 4.69) is 12.2 Å². The van der Waals surface area contributed by atoms with Crippen LogP contribution in [0.4, 0.5) is 15.8 Å². The smallest absolute Gasteiger partial charge is 0.126 e. The summed E-state index contributed by atoms with van der Waals surface area (Å²) in [5, 5.41) is 3.25. The maximum absolute atomic E-state index is 13.5. The summed E-state index contributed by atoms with van der Waals surface area (Å²) in [6, 6.07) is 12.4. The zero-order valence-electron chi connectivity index (χ0n) is 12.2. The predicted molar refractivity (Wildman–Crippen MR) is 85.2 cm³/mol. The zero-order chi connectivity index (χ0) is 15.1. The van der Waals surface area contributed by atoms with Crippen molar-refractivity contribution in [3.05, 3.63) is 53.8 Å². The minimum absolute atomic E-state index is 0.168. The molecular formula is C17H21FN2O. The van der Waals surface area contributed by atoms with Crippen LogP contribution in [0.5, 0.6) is 5.75 Å². The second-order valence-corrected chi connectivity index (χ2v) is 4.91. The van der Waals surface area contributed by atoms with Gasteiger partial charge in [-0.15, -0.1) is 0 Å². The average molecular weight is 288 g/mol. The van der Waals surface area contributed by atoms with Crippen LogP contribution in [0.2, 0.25) is 0 Å². The Balaban J connectivity index is 1.93. The third kappa shape index (κ3) is 4.67. The third-order valence-corrected chi connectivity index (χ3v) is 3.08. The van der Waals surface area contributed by atoms with Crippen LogP contribution < -0.4 is 15.8 Å². The highest BCUT2D eigenvalue weighted by Crippen LogP contribution is 2.22. The van der Waals surface area contributed by atoms with Gasteiger partial charge in [0, 0.05) is 30.1 Å². The van der Waals surface area contributed by atoms with Crippen molar-refractivity contribution in [2.75, 3.05) is 24.2 Å². The molecular weight excluding hydrogens is 267 g/mol. The Morgan fingerprint density at radius 1 is 1.19 bits per heavy atom. The van der Waals surface area contributed by atoms with Crippen molar-refractivity contribution < 1.29 is 9.13 Å². The molecule has 0 bridgehead atoms. The van der Waals surface area contributed by atoms with Crippen LogP contribution in [0.3, 0.4) is 0 Å². The molecule has 0 aliphatic rings. The highest BCUT2D eigenvalue weighted by atomic mass is 19.1. The van der Waals surface area contributed by atoms with Crippen molar-refractivity contribution in [1.29, 1.82) is 0 Å². The van der Waals surface area contributed by atoms with Gasteiger partial charge in [-0.3, -0.25) is 0 Å². The maximum atomic E-state index is 13.5. The highest BCUT2D eigenvalue weighted by Gasteiger charge is 2.02. The van der Waals surface area contributed by atoms with E-state index in [1.165, 1.54) is 6.07 Å². The second-order valence-electron chi connectivity index (χ2n) is 4.91. The van der Waals surface area contributed by atoms with Crippen molar-refractivity contribution in [2.24, 2.45) is 0 Å². The summed E-state index contributed by atoms with van der Waals surface area (Å²) in [6.45, 7) is 3.36. The van der Waals surface area contributed by atoms with E-state index in [0.29, 0.717) is 30.8 Å². The molecule has 0 fully saturated rings. The lowest BCUT2D eigenvalue weighted by molar-refractivity contribution is 0.318. The van der Waals surface area contributed by atoms with Crippen LogP contribution in [-0.2, 0) is 6.42 Å². The van der Waals surface area contributed by atoms with Gasteiger partial charge in [0.15, 0.2) is 0 Å². The molecule has 0 aliphatic heterocycles. The fourth-order valence-corrected chi connectivity index (χ4v) is 2.07. The van der Waals surface area contributed by atoms with E-state index < -0.39 is 0 Å². The molecule has 4 heteroatoms. The van der Waals surface area contributed by atoms with Gasteiger partial charge in [-0.05, 0) is 30.5 Å². The molecule has 2 rings (SSSR count). The van der Waals surface area contributed by atoms with E-state index in [1.807, 2.05) is 18.2 Å². The first-order valence-electron chi connectivity index (χ1n) is 7.19. The largest absolute Gasteiger partial charge is 0.493 e. The molecule has 0 saturated carbocycles. The van der Waals surface area contributed by atoms with E-state index in [1.54, 1.807) is 18.2 Å². The van der Waals surface area contributed by atoms with Crippen molar-refractivity contribution in [3.8, 4) is 5.75 Å². The lowest BCUT2D eigenvalue weighted by Crippen LogP contribution is -2.07. The molecule has 0 aliphatic carbocycles. The molecule has 3 nitrogen and oxygen atoms in total. The van der Waals surface area contributed by atoms with E-state index >= 15 is 0 Å². The number of rotatable bonds is 7. The van der Waals surface area contributed by atoms with Gasteiger partial charge in [-0.2, -0.15) is 0 Å². The molecule has 0 saturated heterocycles. The summed E-state index contributed by atoms with van der Waals surface area (Å²) in [4.78, 5) is 0. The Kier molecular flexibility index (Phi) is 5.43. The summed E-state index contributed by atoms with van der Waals surface area (Å²) in [5.41, 5.74) is 8.10. The van der Waals surface area contributed by atoms with E-state index in [9.17, 15) is 4.39 Å². The quantitative estimate of drug-likeness (QED) is 0.761. The molecule has 2 aromatic rings.